The van der Waals surface area contributed by atoms with Crippen LogP contribution >= 0.6 is 7.26 Å². The molecule has 0 amide bonds. The Morgan fingerprint density at radius 2 is 1.90 bits per heavy atom. The van der Waals surface area contributed by atoms with Gasteiger partial charge in [-0.3, -0.25) is 0 Å². The Bertz CT molecular complexity index is 517. The number of ether oxygens (including phenoxy) is 1. The van der Waals surface area contributed by atoms with Crippen LogP contribution in [0.3, 0.4) is 0 Å². The molecule has 0 aliphatic carbocycles. The second-order valence-electron chi connectivity index (χ2n) is 7.45. The van der Waals surface area contributed by atoms with Crippen LogP contribution in [0.5, 0.6) is 11.5 Å². The summed E-state index contributed by atoms with van der Waals surface area (Å²) in [5, 5.41) is 9.95. The first-order chi connectivity index (χ1) is 9.11. The van der Waals surface area contributed by atoms with E-state index in [1.54, 1.807) is 0 Å². The summed E-state index contributed by atoms with van der Waals surface area (Å²) in [6, 6.07) is 1.88. The van der Waals surface area contributed by atoms with Gasteiger partial charge in [0.2, 0.25) is 0 Å². The van der Waals surface area contributed by atoms with Gasteiger partial charge in [-0.15, -0.1) is 0 Å². The van der Waals surface area contributed by atoms with Gasteiger partial charge < -0.3 is 9.84 Å². The molecule has 0 bridgehead atoms. The van der Waals surface area contributed by atoms with Gasteiger partial charge in [-0.2, -0.15) is 0 Å². The first-order valence-electron chi connectivity index (χ1n) is 7.43. The maximum atomic E-state index is 9.95. The molecule has 3 heteroatoms. The number of phenols is 1. The van der Waals surface area contributed by atoms with Crippen molar-refractivity contribution in [2.75, 3.05) is 26.2 Å². The maximum absolute atomic E-state index is 9.95. The van der Waals surface area contributed by atoms with Gasteiger partial charge in [0.1, 0.15) is 17.1 Å². The highest BCUT2D eigenvalue weighted by Crippen LogP contribution is 2.50. The van der Waals surface area contributed by atoms with Crippen molar-refractivity contribution in [3.63, 3.8) is 0 Å². The van der Waals surface area contributed by atoms with E-state index in [1.807, 2.05) is 13.0 Å². The minimum absolute atomic E-state index is 0.0472. The van der Waals surface area contributed by atoms with Crippen molar-refractivity contribution in [1.29, 1.82) is 0 Å². The van der Waals surface area contributed by atoms with E-state index in [0.29, 0.717) is 5.75 Å². The van der Waals surface area contributed by atoms with Crippen molar-refractivity contribution in [1.82, 2.24) is 0 Å². The van der Waals surface area contributed by atoms with Crippen LogP contribution in [0.25, 0.3) is 0 Å². The van der Waals surface area contributed by atoms with Crippen LogP contribution in [-0.2, 0) is 6.42 Å². The fourth-order valence-corrected chi connectivity index (χ4v) is 3.86. The van der Waals surface area contributed by atoms with Gasteiger partial charge in [0.05, 0.1) is 6.16 Å². The number of hydrogen-bond acceptors (Lipinski definition) is 2. The zero-order chi connectivity index (χ0) is 15.1. The predicted octanol–water partition coefficient (Wildman–Crippen LogP) is 4.39. The Kier molecular flexibility index (Phi) is 4.08. The Hall–Kier alpha value is -0.750. The number of fused-ring (bicyclic) bond motifs is 1. The number of hydrogen-bond donors (Lipinski definition) is 1. The fraction of sp³-hybridized carbons (Fsp3) is 0.647. The molecule has 1 N–H and O–H groups in total. The molecular formula is C17H28O2P+. The molecule has 1 aliphatic heterocycles. The summed E-state index contributed by atoms with van der Waals surface area (Å²) in [7, 11) is -0.759. The van der Waals surface area contributed by atoms with Crippen LogP contribution in [0.1, 0.15) is 36.5 Å². The van der Waals surface area contributed by atoms with Crippen LogP contribution in [0.2, 0.25) is 0 Å². The third kappa shape index (κ3) is 3.28. The van der Waals surface area contributed by atoms with Gasteiger partial charge in [0.25, 0.3) is 0 Å². The second-order valence-corrected chi connectivity index (χ2v) is 12.5. The number of rotatable bonds is 3. The standard InChI is InChI=1S/C17H27O2P/c1-12-13(2)16-14(11-15(12)18)7-8-17(3,19-16)9-10-20(4,5)6/h11H,7-10H2,1-6H3/p+1. The molecule has 1 aromatic rings. The lowest BCUT2D eigenvalue weighted by Crippen LogP contribution is -2.37. The summed E-state index contributed by atoms with van der Waals surface area (Å²) in [4.78, 5) is 0. The van der Waals surface area contributed by atoms with Gasteiger partial charge in [0.15, 0.2) is 0 Å². The van der Waals surface area contributed by atoms with Crippen molar-refractivity contribution in [2.45, 2.75) is 45.6 Å². The Labute approximate surface area is 123 Å². The van der Waals surface area contributed by atoms with E-state index in [1.165, 1.54) is 6.16 Å². The molecule has 20 heavy (non-hydrogen) atoms. The lowest BCUT2D eigenvalue weighted by Gasteiger charge is -2.37. The molecule has 0 aromatic heterocycles. The summed E-state index contributed by atoms with van der Waals surface area (Å²) in [6.07, 6.45) is 4.45. The highest BCUT2D eigenvalue weighted by Gasteiger charge is 2.35. The average Bonchev–Trinajstić information content (AvgIpc) is 2.35. The Morgan fingerprint density at radius 1 is 1.25 bits per heavy atom. The zero-order valence-corrected chi connectivity index (χ0v) is 14.6. The minimum Gasteiger partial charge on any atom is -0.508 e. The topological polar surface area (TPSA) is 29.5 Å². The summed E-state index contributed by atoms with van der Waals surface area (Å²) < 4.78 is 6.39. The molecule has 1 aromatic carbocycles. The molecule has 0 saturated heterocycles. The molecule has 0 saturated carbocycles. The van der Waals surface area contributed by atoms with E-state index in [9.17, 15) is 5.11 Å². The smallest absolute Gasteiger partial charge is 0.126 e. The summed E-state index contributed by atoms with van der Waals surface area (Å²) in [5.41, 5.74) is 3.15. The van der Waals surface area contributed by atoms with Crippen molar-refractivity contribution in [2.24, 2.45) is 0 Å². The van der Waals surface area contributed by atoms with Crippen LogP contribution in [0.4, 0.5) is 0 Å². The van der Waals surface area contributed by atoms with Gasteiger partial charge in [-0.25, -0.2) is 0 Å². The summed E-state index contributed by atoms with van der Waals surface area (Å²) >= 11 is 0. The zero-order valence-electron chi connectivity index (χ0n) is 13.7. The van der Waals surface area contributed by atoms with Crippen molar-refractivity contribution in [3.8, 4) is 11.5 Å². The van der Waals surface area contributed by atoms with E-state index >= 15 is 0 Å². The fourth-order valence-electron chi connectivity index (χ4n) is 2.71. The molecule has 1 unspecified atom stereocenters. The largest absolute Gasteiger partial charge is 0.508 e. The van der Waals surface area contributed by atoms with E-state index in [4.69, 9.17) is 4.74 Å². The number of benzene rings is 1. The number of phenolic OH excluding ortho intramolecular Hbond substituents is 1. The highest BCUT2D eigenvalue weighted by atomic mass is 31.2. The number of aryl methyl sites for hydroxylation is 1. The Morgan fingerprint density at radius 3 is 2.50 bits per heavy atom. The quantitative estimate of drug-likeness (QED) is 0.838. The normalized spacial score (nSPS) is 22.3. The molecule has 1 atom stereocenters. The van der Waals surface area contributed by atoms with Gasteiger partial charge >= 0.3 is 0 Å². The molecule has 1 heterocycles. The van der Waals surface area contributed by atoms with Crippen LogP contribution < -0.4 is 4.74 Å². The maximum Gasteiger partial charge on any atom is 0.126 e. The van der Waals surface area contributed by atoms with Gasteiger partial charge in [-0.1, -0.05) is 0 Å². The molecule has 0 spiro atoms. The van der Waals surface area contributed by atoms with Crippen molar-refractivity contribution in [3.05, 3.63) is 22.8 Å². The van der Waals surface area contributed by atoms with Crippen molar-refractivity contribution >= 4 is 7.26 Å². The molecule has 0 fully saturated rings. The lowest BCUT2D eigenvalue weighted by atomic mass is 9.88. The molecule has 2 rings (SSSR count). The van der Waals surface area contributed by atoms with E-state index < -0.39 is 7.26 Å². The van der Waals surface area contributed by atoms with Crippen LogP contribution in [-0.4, -0.2) is 36.9 Å². The van der Waals surface area contributed by atoms with Gasteiger partial charge in [0, 0.05) is 33.7 Å². The lowest BCUT2D eigenvalue weighted by molar-refractivity contribution is 0.0609. The summed E-state index contributed by atoms with van der Waals surface area (Å²) in [5.74, 6) is 1.41. The molecule has 1 aliphatic rings. The van der Waals surface area contributed by atoms with Crippen LogP contribution in [0, 0.1) is 13.8 Å². The minimum atomic E-state index is -0.759. The molecule has 112 valence electrons. The van der Waals surface area contributed by atoms with E-state index in [0.717, 1.165) is 41.7 Å². The number of aromatic hydroxyl groups is 1. The highest BCUT2D eigenvalue weighted by molar-refractivity contribution is 7.73. The van der Waals surface area contributed by atoms with E-state index in [-0.39, 0.29) is 5.60 Å². The molecule has 2 nitrogen and oxygen atoms in total. The first kappa shape index (κ1) is 15.6. The van der Waals surface area contributed by atoms with Gasteiger partial charge in [-0.05, 0) is 56.4 Å². The average molecular weight is 295 g/mol. The predicted molar refractivity (Wildman–Crippen MR) is 89.1 cm³/mol. The third-order valence-electron chi connectivity index (χ3n) is 4.47. The van der Waals surface area contributed by atoms with Crippen LogP contribution in [0.15, 0.2) is 6.07 Å². The SMILES string of the molecule is Cc1c(O)cc2c(c1C)OC(C)(CC[P+](C)(C)C)CC2. The van der Waals surface area contributed by atoms with Crippen molar-refractivity contribution < 1.29 is 9.84 Å². The molecular weight excluding hydrogens is 267 g/mol. The molecule has 0 radical (unpaired) electrons. The third-order valence-corrected chi connectivity index (χ3v) is 6.04. The first-order valence-corrected chi connectivity index (χ1v) is 10.7. The Balaban J connectivity index is 2.24. The van der Waals surface area contributed by atoms with E-state index in [2.05, 4.69) is 33.8 Å². The second kappa shape index (κ2) is 5.22. The summed E-state index contributed by atoms with van der Waals surface area (Å²) in [6.45, 7) is 13.4. The monoisotopic (exact) mass is 295 g/mol.